The summed E-state index contributed by atoms with van der Waals surface area (Å²) in [5.74, 6) is 0.0402. The molecule has 0 saturated carbocycles. The molecule has 4 nitrogen and oxygen atoms in total. The van der Waals surface area contributed by atoms with Gasteiger partial charge in [0.05, 0.1) is 18.7 Å². The van der Waals surface area contributed by atoms with Crippen LogP contribution in [0.2, 0.25) is 0 Å². The molecule has 1 atom stereocenters. The molecule has 0 aliphatic carbocycles. The topological polar surface area (TPSA) is 62.1 Å². The number of ether oxygens (including phenoxy) is 1. The Morgan fingerprint density at radius 2 is 2.06 bits per heavy atom. The smallest absolute Gasteiger partial charge is 0.240 e. The molecule has 1 unspecified atom stereocenters. The van der Waals surface area contributed by atoms with Gasteiger partial charge in [0, 0.05) is 6.61 Å². The Bertz CT molecular complexity index is 267. The minimum absolute atomic E-state index is 0.0416. The Kier molecular flexibility index (Phi) is 6.05. The van der Waals surface area contributed by atoms with Crippen LogP contribution >= 0.6 is 0 Å². The van der Waals surface area contributed by atoms with Gasteiger partial charge in [-0.2, -0.15) is 5.26 Å². The van der Waals surface area contributed by atoms with E-state index >= 15 is 0 Å². The summed E-state index contributed by atoms with van der Waals surface area (Å²) in [6.07, 6.45) is 0. The normalized spacial score (nSPS) is 13.3. The number of amides is 1. The minimum atomic E-state index is -0.987. The van der Waals surface area contributed by atoms with Crippen LogP contribution < -0.4 is 5.32 Å². The Balaban J connectivity index is 4.41. The number of hydrogen-bond acceptors (Lipinski definition) is 3. The van der Waals surface area contributed by atoms with E-state index < -0.39 is 5.41 Å². The Hall–Kier alpha value is -1.08. The zero-order valence-electron chi connectivity index (χ0n) is 10.8. The summed E-state index contributed by atoms with van der Waals surface area (Å²) in [4.78, 5) is 11.8. The zero-order valence-corrected chi connectivity index (χ0v) is 10.8. The Labute approximate surface area is 98.0 Å². The summed E-state index contributed by atoms with van der Waals surface area (Å²) in [7, 11) is 0. The van der Waals surface area contributed by atoms with Gasteiger partial charge in [0.1, 0.15) is 5.41 Å². The third-order valence-corrected chi connectivity index (χ3v) is 2.47. The third-order valence-electron chi connectivity index (χ3n) is 2.47. The predicted molar refractivity (Wildman–Crippen MR) is 62.7 cm³/mol. The van der Waals surface area contributed by atoms with Crippen molar-refractivity contribution in [1.82, 2.24) is 5.32 Å². The average Bonchev–Trinajstić information content (AvgIpc) is 2.23. The lowest BCUT2D eigenvalue weighted by Gasteiger charge is -2.25. The molecular formula is C12H22N2O2. The second-order valence-corrected chi connectivity index (χ2v) is 4.72. The van der Waals surface area contributed by atoms with Crippen molar-refractivity contribution in [2.75, 3.05) is 13.2 Å². The van der Waals surface area contributed by atoms with E-state index in [1.54, 1.807) is 13.8 Å². The summed E-state index contributed by atoms with van der Waals surface area (Å²) in [5.41, 5.74) is -0.987. The van der Waals surface area contributed by atoms with E-state index in [0.29, 0.717) is 13.2 Å². The average molecular weight is 226 g/mol. The standard InChI is InChI=1S/C12H22N2O2/c1-6-16-7-10(9(2)3)14-11(15)12(4,5)8-13/h9-10H,6-7H2,1-5H3,(H,14,15). The number of carbonyl (C=O) groups excluding carboxylic acids is 1. The maximum Gasteiger partial charge on any atom is 0.240 e. The molecule has 0 heterocycles. The molecule has 0 aromatic carbocycles. The lowest BCUT2D eigenvalue weighted by atomic mass is 9.93. The molecule has 0 aromatic heterocycles. The van der Waals surface area contributed by atoms with Crippen molar-refractivity contribution in [3.8, 4) is 6.07 Å². The molecule has 1 amide bonds. The van der Waals surface area contributed by atoms with Gasteiger partial charge in [-0.25, -0.2) is 0 Å². The van der Waals surface area contributed by atoms with Crippen molar-refractivity contribution in [3.05, 3.63) is 0 Å². The van der Waals surface area contributed by atoms with Crippen LogP contribution in [0.4, 0.5) is 0 Å². The van der Waals surface area contributed by atoms with E-state index in [0.717, 1.165) is 0 Å². The van der Waals surface area contributed by atoms with Gasteiger partial charge in [-0.3, -0.25) is 4.79 Å². The number of nitriles is 1. The fraction of sp³-hybridized carbons (Fsp3) is 0.833. The lowest BCUT2D eigenvalue weighted by molar-refractivity contribution is -0.128. The van der Waals surface area contributed by atoms with Crippen molar-refractivity contribution in [2.45, 2.75) is 40.7 Å². The van der Waals surface area contributed by atoms with Crippen LogP contribution in [-0.4, -0.2) is 25.2 Å². The van der Waals surface area contributed by atoms with E-state index in [2.05, 4.69) is 5.32 Å². The molecular weight excluding hydrogens is 204 g/mol. The first-order valence-corrected chi connectivity index (χ1v) is 5.65. The molecule has 0 bridgehead atoms. The molecule has 0 aromatic rings. The highest BCUT2D eigenvalue weighted by atomic mass is 16.5. The van der Waals surface area contributed by atoms with Gasteiger partial charge in [-0.1, -0.05) is 13.8 Å². The fourth-order valence-electron chi connectivity index (χ4n) is 1.05. The lowest BCUT2D eigenvalue weighted by Crippen LogP contribution is -2.47. The molecule has 0 fully saturated rings. The van der Waals surface area contributed by atoms with Crippen LogP contribution in [0.5, 0.6) is 0 Å². The molecule has 92 valence electrons. The van der Waals surface area contributed by atoms with E-state index in [1.807, 2.05) is 26.8 Å². The van der Waals surface area contributed by atoms with Gasteiger partial charge in [0.2, 0.25) is 5.91 Å². The van der Waals surface area contributed by atoms with Gasteiger partial charge in [0.25, 0.3) is 0 Å². The second-order valence-electron chi connectivity index (χ2n) is 4.72. The van der Waals surface area contributed by atoms with Crippen molar-refractivity contribution in [3.63, 3.8) is 0 Å². The SMILES string of the molecule is CCOCC(NC(=O)C(C)(C)C#N)C(C)C. The molecule has 0 rings (SSSR count). The second kappa shape index (κ2) is 6.49. The summed E-state index contributed by atoms with van der Waals surface area (Å²) in [6, 6.07) is 1.95. The molecule has 1 N–H and O–H groups in total. The fourth-order valence-corrected chi connectivity index (χ4v) is 1.05. The van der Waals surface area contributed by atoms with Crippen LogP contribution in [0.1, 0.15) is 34.6 Å². The van der Waals surface area contributed by atoms with E-state index in [-0.39, 0.29) is 17.9 Å². The predicted octanol–water partition coefficient (Wildman–Crippen LogP) is 1.71. The monoisotopic (exact) mass is 226 g/mol. The maximum atomic E-state index is 11.8. The molecule has 16 heavy (non-hydrogen) atoms. The number of carbonyl (C=O) groups is 1. The zero-order chi connectivity index (χ0) is 12.8. The van der Waals surface area contributed by atoms with Gasteiger partial charge in [-0.05, 0) is 26.7 Å². The van der Waals surface area contributed by atoms with Crippen molar-refractivity contribution in [2.24, 2.45) is 11.3 Å². The van der Waals surface area contributed by atoms with E-state index in [4.69, 9.17) is 10.00 Å². The quantitative estimate of drug-likeness (QED) is 0.750. The van der Waals surface area contributed by atoms with Crippen molar-refractivity contribution in [1.29, 1.82) is 5.26 Å². The molecule has 0 aliphatic heterocycles. The Morgan fingerprint density at radius 3 is 2.44 bits per heavy atom. The summed E-state index contributed by atoms with van der Waals surface area (Å²) >= 11 is 0. The number of nitrogens with zero attached hydrogens (tertiary/aromatic N) is 1. The first kappa shape index (κ1) is 14.9. The highest BCUT2D eigenvalue weighted by Gasteiger charge is 2.29. The number of nitrogens with one attached hydrogen (secondary N) is 1. The summed E-state index contributed by atoms with van der Waals surface area (Å²) < 4.78 is 5.31. The van der Waals surface area contributed by atoms with Crippen LogP contribution in [0.25, 0.3) is 0 Å². The molecule has 0 aliphatic rings. The van der Waals surface area contributed by atoms with Crippen LogP contribution in [-0.2, 0) is 9.53 Å². The third kappa shape index (κ3) is 4.63. The molecule has 0 spiro atoms. The van der Waals surface area contributed by atoms with Gasteiger partial charge < -0.3 is 10.1 Å². The van der Waals surface area contributed by atoms with Crippen LogP contribution in [0, 0.1) is 22.7 Å². The van der Waals surface area contributed by atoms with Crippen LogP contribution in [0.3, 0.4) is 0 Å². The highest BCUT2D eigenvalue weighted by molar-refractivity contribution is 5.84. The molecule has 0 saturated heterocycles. The van der Waals surface area contributed by atoms with Crippen molar-refractivity contribution >= 4 is 5.91 Å². The Morgan fingerprint density at radius 1 is 1.50 bits per heavy atom. The first-order valence-electron chi connectivity index (χ1n) is 5.65. The maximum absolute atomic E-state index is 11.8. The van der Waals surface area contributed by atoms with Crippen molar-refractivity contribution < 1.29 is 9.53 Å². The van der Waals surface area contributed by atoms with Gasteiger partial charge >= 0.3 is 0 Å². The van der Waals surface area contributed by atoms with E-state index in [1.165, 1.54) is 0 Å². The highest BCUT2D eigenvalue weighted by Crippen LogP contribution is 2.14. The molecule has 4 heteroatoms. The summed E-state index contributed by atoms with van der Waals surface area (Å²) in [5, 5.41) is 11.7. The molecule has 0 radical (unpaired) electrons. The van der Waals surface area contributed by atoms with Crippen LogP contribution in [0.15, 0.2) is 0 Å². The number of rotatable bonds is 6. The van der Waals surface area contributed by atoms with E-state index in [9.17, 15) is 4.79 Å². The minimum Gasteiger partial charge on any atom is -0.380 e. The largest absolute Gasteiger partial charge is 0.380 e. The number of hydrogen-bond donors (Lipinski definition) is 1. The van der Waals surface area contributed by atoms with Gasteiger partial charge in [-0.15, -0.1) is 0 Å². The van der Waals surface area contributed by atoms with Gasteiger partial charge in [0.15, 0.2) is 0 Å². The first-order chi connectivity index (χ1) is 7.35. The summed E-state index contributed by atoms with van der Waals surface area (Å²) in [6.45, 7) is 10.3.